The predicted molar refractivity (Wildman–Crippen MR) is 110 cm³/mol. The molecular formula is C23H23N3O2. The monoisotopic (exact) mass is 373 g/mol. The van der Waals surface area contributed by atoms with E-state index in [9.17, 15) is 9.59 Å². The van der Waals surface area contributed by atoms with E-state index in [0.717, 1.165) is 16.8 Å². The third-order valence-electron chi connectivity index (χ3n) is 5.30. The molecule has 0 atom stereocenters. The van der Waals surface area contributed by atoms with Crippen LogP contribution >= 0.6 is 0 Å². The van der Waals surface area contributed by atoms with Gasteiger partial charge >= 0.3 is 0 Å². The molecule has 142 valence electrons. The van der Waals surface area contributed by atoms with Gasteiger partial charge in [-0.05, 0) is 29.8 Å². The van der Waals surface area contributed by atoms with Crippen LogP contribution in [-0.4, -0.2) is 52.7 Å². The lowest BCUT2D eigenvalue weighted by atomic mass is 9.98. The van der Waals surface area contributed by atoms with Crippen LogP contribution in [0.15, 0.2) is 73.4 Å². The highest BCUT2D eigenvalue weighted by atomic mass is 16.2. The molecule has 3 heterocycles. The lowest BCUT2D eigenvalue weighted by Gasteiger charge is -2.40. The van der Waals surface area contributed by atoms with E-state index in [1.807, 2.05) is 53.6 Å². The number of rotatable bonds is 5. The minimum absolute atomic E-state index is 0.0415. The van der Waals surface area contributed by atoms with Gasteiger partial charge in [-0.25, -0.2) is 0 Å². The Balaban J connectivity index is 1.55. The van der Waals surface area contributed by atoms with E-state index in [4.69, 9.17) is 0 Å². The number of hydrogen-bond acceptors (Lipinski definition) is 2. The van der Waals surface area contributed by atoms with Crippen molar-refractivity contribution in [2.24, 2.45) is 5.92 Å². The van der Waals surface area contributed by atoms with Crippen molar-refractivity contribution in [3.63, 3.8) is 0 Å². The molecule has 2 amide bonds. The van der Waals surface area contributed by atoms with Crippen LogP contribution in [0.2, 0.25) is 0 Å². The van der Waals surface area contributed by atoms with E-state index in [1.54, 1.807) is 11.9 Å². The zero-order valence-electron chi connectivity index (χ0n) is 15.9. The van der Waals surface area contributed by atoms with Crippen molar-refractivity contribution in [3.05, 3.63) is 79.0 Å². The van der Waals surface area contributed by atoms with Crippen LogP contribution in [-0.2, 0) is 4.79 Å². The summed E-state index contributed by atoms with van der Waals surface area (Å²) in [6.07, 6.45) is 3.31. The van der Waals surface area contributed by atoms with Crippen LogP contribution in [0.3, 0.4) is 0 Å². The van der Waals surface area contributed by atoms with Gasteiger partial charge in [0.15, 0.2) is 0 Å². The Morgan fingerprint density at radius 1 is 1.14 bits per heavy atom. The molecule has 0 bridgehead atoms. The zero-order valence-corrected chi connectivity index (χ0v) is 15.9. The topological polar surface area (TPSA) is 45.0 Å². The molecule has 0 saturated carbocycles. The maximum atomic E-state index is 13.1. The summed E-state index contributed by atoms with van der Waals surface area (Å²) in [5, 5.41) is 0. The number of likely N-dealkylation sites (tertiary alicyclic amines) is 1. The second kappa shape index (κ2) is 7.35. The van der Waals surface area contributed by atoms with Gasteiger partial charge in [0.05, 0.1) is 16.8 Å². The first-order valence-electron chi connectivity index (χ1n) is 9.41. The van der Waals surface area contributed by atoms with E-state index in [-0.39, 0.29) is 11.8 Å². The van der Waals surface area contributed by atoms with Crippen LogP contribution < -0.4 is 0 Å². The van der Waals surface area contributed by atoms with E-state index in [0.29, 0.717) is 31.1 Å². The van der Waals surface area contributed by atoms with E-state index < -0.39 is 0 Å². The van der Waals surface area contributed by atoms with Gasteiger partial charge in [-0.2, -0.15) is 0 Å². The first-order valence-corrected chi connectivity index (χ1v) is 9.41. The molecule has 1 aliphatic rings. The first-order chi connectivity index (χ1) is 13.6. The van der Waals surface area contributed by atoms with Gasteiger partial charge in [-0.15, -0.1) is 0 Å². The van der Waals surface area contributed by atoms with Gasteiger partial charge in [0.2, 0.25) is 5.91 Å². The van der Waals surface area contributed by atoms with Crippen molar-refractivity contribution >= 4 is 17.3 Å². The summed E-state index contributed by atoms with van der Waals surface area (Å²) in [6, 6.07) is 18.0. The van der Waals surface area contributed by atoms with Gasteiger partial charge in [-0.1, -0.05) is 43.0 Å². The van der Waals surface area contributed by atoms with Crippen LogP contribution in [0.4, 0.5) is 0 Å². The molecule has 4 rings (SSSR count). The van der Waals surface area contributed by atoms with Gasteiger partial charge in [-0.3, -0.25) is 9.59 Å². The van der Waals surface area contributed by atoms with E-state index >= 15 is 0 Å². The minimum Gasteiger partial charge on any atom is -0.342 e. The normalized spacial score (nSPS) is 14.0. The molecule has 0 N–H and O–H groups in total. The number of carbonyl (C=O) groups excluding carboxylic acids is 2. The number of nitrogens with zero attached hydrogens (tertiary/aromatic N) is 3. The largest absolute Gasteiger partial charge is 0.342 e. The lowest BCUT2D eigenvalue weighted by Crippen LogP contribution is -2.53. The standard InChI is InChI=1S/C23H23N3O2/c1-3-22(27)24(2)14-17-15-25(16-17)23(28)19-13-21(18-9-5-4-6-10-18)26-12-8-7-11-20(19)26/h3-13,17H,1,14-16H2,2H3. The Bertz CT molecular complexity index is 1030. The second-order valence-corrected chi connectivity index (χ2v) is 7.26. The van der Waals surface area contributed by atoms with Gasteiger partial charge < -0.3 is 14.2 Å². The van der Waals surface area contributed by atoms with Crippen molar-refractivity contribution in [1.82, 2.24) is 14.2 Å². The van der Waals surface area contributed by atoms with Crippen molar-refractivity contribution in [2.75, 3.05) is 26.7 Å². The molecule has 5 nitrogen and oxygen atoms in total. The minimum atomic E-state index is -0.0873. The van der Waals surface area contributed by atoms with E-state index in [1.165, 1.54) is 6.08 Å². The highest BCUT2D eigenvalue weighted by molar-refractivity contribution is 6.03. The summed E-state index contributed by atoms with van der Waals surface area (Å²) in [6.45, 7) is 5.48. The van der Waals surface area contributed by atoms with Crippen LogP contribution in [0, 0.1) is 5.92 Å². The number of likely N-dealkylation sites (N-methyl/N-ethyl adjacent to an activating group) is 1. The summed E-state index contributed by atoms with van der Waals surface area (Å²) in [7, 11) is 1.77. The quantitative estimate of drug-likeness (QED) is 0.644. The molecule has 28 heavy (non-hydrogen) atoms. The number of amides is 2. The van der Waals surface area contributed by atoms with Crippen molar-refractivity contribution in [2.45, 2.75) is 0 Å². The average molecular weight is 373 g/mol. The molecule has 5 heteroatoms. The summed E-state index contributed by atoms with van der Waals surface area (Å²) in [5.74, 6) is 0.260. The van der Waals surface area contributed by atoms with Gasteiger partial charge in [0.1, 0.15) is 0 Å². The molecule has 1 aromatic carbocycles. The average Bonchev–Trinajstić information content (AvgIpc) is 3.09. The fourth-order valence-corrected chi connectivity index (χ4v) is 3.81. The Kier molecular flexibility index (Phi) is 4.74. The first kappa shape index (κ1) is 18.0. The Morgan fingerprint density at radius 2 is 1.86 bits per heavy atom. The Morgan fingerprint density at radius 3 is 2.57 bits per heavy atom. The fourth-order valence-electron chi connectivity index (χ4n) is 3.81. The summed E-state index contributed by atoms with van der Waals surface area (Å²) >= 11 is 0. The molecule has 3 aromatic rings. The molecular weight excluding hydrogens is 350 g/mol. The maximum Gasteiger partial charge on any atom is 0.256 e. The highest BCUT2D eigenvalue weighted by Gasteiger charge is 2.33. The Hall–Kier alpha value is -3.34. The number of carbonyl (C=O) groups is 2. The molecule has 1 saturated heterocycles. The van der Waals surface area contributed by atoms with Crippen molar-refractivity contribution in [3.8, 4) is 11.3 Å². The summed E-state index contributed by atoms with van der Waals surface area (Å²) in [5.41, 5.74) is 3.71. The third-order valence-corrected chi connectivity index (χ3v) is 5.30. The number of benzene rings is 1. The molecule has 1 fully saturated rings. The predicted octanol–water partition coefficient (Wildman–Crippen LogP) is 3.32. The van der Waals surface area contributed by atoms with Gasteiger partial charge in [0.25, 0.3) is 5.91 Å². The number of hydrogen-bond donors (Lipinski definition) is 0. The summed E-state index contributed by atoms with van der Waals surface area (Å²) in [4.78, 5) is 28.3. The summed E-state index contributed by atoms with van der Waals surface area (Å²) < 4.78 is 2.07. The lowest BCUT2D eigenvalue weighted by molar-refractivity contribution is -0.125. The smallest absolute Gasteiger partial charge is 0.256 e. The number of pyridine rings is 1. The van der Waals surface area contributed by atoms with Crippen LogP contribution in [0.5, 0.6) is 0 Å². The molecule has 0 spiro atoms. The highest BCUT2D eigenvalue weighted by Crippen LogP contribution is 2.29. The number of aromatic nitrogens is 1. The molecule has 2 aromatic heterocycles. The molecule has 1 aliphatic heterocycles. The Labute approximate surface area is 164 Å². The van der Waals surface area contributed by atoms with Gasteiger partial charge in [0, 0.05) is 38.8 Å². The maximum absolute atomic E-state index is 13.1. The van der Waals surface area contributed by atoms with Crippen LogP contribution in [0.1, 0.15) is 10.4 Å². The molecule has 0 unspecified atom stereocenters. The molecule has 0 aliphatic carbocycles. The van der Waals surface area contributed by atoms with Crippen LogP contribution in [0.25, 0.3) is 16.8 Å². The SMILES string of the molecule is C=CC(=O)N(C)CC1CN(C(=O)c2cc(-c3ccccc3)n3ccccc23)C1. The van der Waals surface area contributed by atoms with E-state index in [2.05, 4.69) is 23.1 Å². The van der Waals surface area contributed by atoms with Crippen molar-refractivity contribution < 1.29 is 9.59 Å². The third kappa shape index (κ3) is 3.20. The molecule has 0 radical (unpaired) electrons. The second-order valence-electron chi connectivity index (χ2n) is 7.26. The van der Waals surface area contributed by atoms with Crippen molar-refractivity contribution in [1.29, 1.82) is 0 Å². The number of fused-ring (bicyclic) bond motifs is 1. The zero-order chi connectivity index (χ0) is 19.7. The fraction of sp³-hybridized carbons (Fsp3) is 0.217.